The number of ether oxygens (including phenoxy) is 1. The number of nitrogens with one attached hydrogen (secondary N) is 2. The molecule has 0 atom stereocenters. The maximum Gasteiger partial charge on any atom is 0.573 e. The van der Waals surface area contributed by atoms with Crippen LogP contribution in [0, 0.1) is 0 Å². The molecule has 0 unspecified atom stereocenters. The first kappa shape index (κ1) is 19.2. The van der Waals surface area contributed by atoms with Crippen molar-refractivity contribution in [1.82, 2.24) is 9.97 Å². The summed E-state index contributed by atoms with van der Waals surface area (Å²) in [6, 6.07) is 12.7. The van der Waals surface area contributed by atoms with Crippen LogP contribution in [0.1, 0.15) is 10.5 Å². The van der Waals surface area contributed by atoms with E-state index in [-0.39, 0.29) is 11.4 Å². The van der Waals surface area contributed by atoms with Gasteiger partial charge in [-0.25, -0.2) is 9.97 Å². The third-order valence-electron chi connectivity index (χ3n) is 3.59. The zero-order chi connectivity index (χ0) is 20.4. The third kappa shape index (κ3) is 4.81. The molecule has 11 heteroatoms. The van der Waals surface area contributed by atoms with Gasteiger partial charge in [0, 0.05) is 11.1 Å². The number of hydrogen-bond donors (Lipinski definition) is 2. The number of halogens is 3. The van der Waals surface area contributed by atoms with Crippen molar-refractivity contribution in [1.29, 1.82) is 0 Å². The van der Waals surface area contributed by atoms with Gasteiger partial charge in [-0.2, -0.15) is 0 Å². The normalized spacial score (nSPS) is 11.4. The number of aromatic nitrogens is 2. The van der Waals surface area contributed by atoms with Gasteiger partial charge in [0.05, 0.1) is 10.2 Å². The highest BCUT2D eigenvalue weighted by molar-refractivity contribution is 7.22. The van der Waals surface area contributed by atoms with Gasteiger partial charge in [0.1, 0.15) is 11.4 Å². The summed E-state index contributed by atoms with van der Waals surface area (Å²) in [5.74, 6) is -0.722. The number of para-hydroxylation sites is 1. The lowest BCUT2D eigenvalue weighted by Gasteiger charge is -2.09. The van der Waals surface area contributed by atoms with Crippen LogP contribution in [-0.2, 0) is 0 Å². The molecule has 0 aliphatic heterocycles. The maximum atomic E-state index is 12.4. The number of carbonyl (C=O) groups is 1. The Kier molecular flexibility index (Phi) is 5.07. The van der Waals surface area contributed by atoms with E-state index >= 15 is 0 Å². The number of rotatable bonds is 5. The van der Waals surface area contributed by atoms with E-state index in [0.29, 0.717) is 16.0 Å². The van der Waals surface area contributed by atoms with Gasteiger partial charge in [0.25, 0.3) is 5.91 Å². The van der Waals surface area contributed by atoms with Gasteiger partial charge in [-0.1, -0.05) is 23.5 Å². The topological polar surface area (TPSA) is 76.1 Å². The first-order valence-electron chi connectivity index (χ1n) is 8.11. The summed E-state index contributed by atoms with van der Waals surface area (Å²) in [5.41, 5.74) is 1.51. The molecular formula is C18H11F3N4O2S2. The standard InChI is InChI=1S/C18H11F3N4O2S2/c19-18(20,21)27-11-7-5-10(6-8-11)22-16-24-13(9-28-16)15(26)25-17-23-12-3-1-2-4-14(12)29-17/h1-9H,(H,22,24)(H,23,25,26). The average molecular weight is 436 g/mol. The summed E-state index contributed by atoms with van der Waals surface area (Å²) >= 11 is 2.55. The van der Waals surface area contributed by atoms with E-state index in [1.807, 2.05) is 24.3 Å². The van der Waals surface area contributed by atoms with Crippen LogP contribution in [0.2, 0.25) is 0 Å². The van der Waals surface area contributed by atoms with Crippen molar-refractivity contribution in [2.24, 2.45) is 0 Å². The van der Waals surface area contributed by atoms with Crippen molar-refractivity contribution in [3.05, 3.63) is 59.6 Å². The van der Waals surface area contributed by atoms with Crippen LogP contribution in [0.25, 0.3) is 10.2 Å². The molecular weight excluding hydrogens is 425 g/mol. The summed E-state index contributed by atoms with van der Waals surface area (Å²) in [4.78, 5) is 20.9. The Morgan fingerprint density at radius 2 is 1.76 bits per heavy atom. The van der Waals surface area contributed by atoms with Crippen LogP contribution < -0.4 is 15.4 Å². The lowest BCUT2D eigenvalue weighted by atomic mass is 10.3. The van der Waals surface area contributed by atoms with Crippen LogP contribution in [-0.4, -0.2) is 22.2 Å². The van der Waals surface area contributed by atoms with E-state index in [2.05, 4.69) is 25.3 Å². The summed E-state index contributed by atoms with van der Waals surface area (Å²) in [6.45, 7) is 0. The molecule has 4 rings (SSSR count). The van der Waals surface area contributed by atoms with E-state index in [9.17, 15) is 18.0 Å². The second-order valence-electron chi connectivity index (χ2n) is 5.68. The average Bonchev–Trinajstić information content (AvgIpc) is 3.28. The predicted molar refractivity (Wildman–Crippen MR) is 106 cm³/mol. The second-order valence-corrected chi connectivity index (χ2v) is 7.56. The molecule has 0 spiro atoms. The summed E-state index contributed by atoms with van der Waals surface area (Å²) in [7, 11) is 0. The highest BCUT2D eigenvalue weighted by Gasteiger charge is 2.30. The number of nitrogens with zero attached hydrogens (tertiary/aromatic N) is 2. The highest BCUT2D eigenvalue weighted by atomic mass is 32.1. The molecule has 1 amide bonds. The number of carbonyl (C=O) groups excluding carboxylic acids is 1. The number of thiazole rings is 2. The van der Waals surface area contributed by atoms with E-state index in [4.69, 9.17) is 0 Å². The molecule has 148 valence electrons. The number of benzene rings is 2. The van der Waals surface area contributed by atoms with Crippen molar-refractivity contribution in [3.63, 3.8) is 0 Å². The lowest BCUT2D eigenvalue weighted by Crippen LogP contribution is -2.16. The number of alkyl halides is 3. The van der Waals surface area contributed by atoms with Crippen LogP contribution in [0.4, 0.5) is 29.1 Å². The number of hydrogen-bond acceptors (Lipinski definition) is 7. The molecule has 0 aliphatic carbocycles. The molecule has 2 aromatic carbocycles. The van der Waals surface area contributed by atoms with Crippen molar-refractivity contribution in [2.45, 2.75) is 6.36 Å². The molecule has 0 saturated carbocycles. The van der Waals surface area contributed by atoms with Gasteiger partial charge in [0.15, 0.2) is 10.3 Å². The Morgan fingerprint density at radius 1 is 1.00 bits per heavy atom. The molecule has 2 aromatic heterocycles. The molecule has 0 aliphatic rings. The minimum Gasteiger partial charge on any atom is -0.406 e. The van der Waals surface area contributed by atoms with Crippen LogP contribution in [0.5, 0.6) is 5.75 Å². The lowest BCUT2D eigenvalue weighted by molar-refractivity contribution is -0.274. The van der Waals surface area contributed by atoms with Gasteiger partial charge < -0.3 is 10.1 Å². The van der Waals surface area contributed by atoms with E-state index in [1.165, 1.54) is 46.9 Å². The maximum absolute atomic E-state index is 12.4. The third-order valence-corrected chi connectivity index (χ3v) is 5.30. The minimum atomic E-state index is -4.74. The van der Waals surface area contributed by atoms with E-state index in [1.54, 1.807) is 5.38 Å². The Hall–Kier alpha value is -3.18. The Balaban J connectivity index is 1.40. The zero-order valence-electron chi connectivity index (χ0n) is 14.4. The van der Waals surface area contributed by atoms with Crippen molar-refractivity contribution in [3.8, 4) is 5.75 Å². The summed E-state index contributed by atoms with van der Waals surface area (Å²) in [6.07, 6.45) is -4.74. The van der Waals surface area contributed by atoms with Crippen molar-refractivity contribution < 1.29 is 22.7 Å². The molecule has 2 heterocycles. The summed E-state index contributed by atoms with van der Waals surface area (Å²) < 4.78 is 41.4. The van der Waals surface area contributed by atoms with Crippen molar-refractivity contribution >= 4 is 54.7 Å². The fourth-order valence-electron chi connectivity index (χ4n) is 2.39. The van der Waals surface area contributed by atoms with Gasteiger partial charge in [-0.15, -0.1) is 24.5 Å². The fourth-order valence-corrected chi connectivity index (χ4v) is 3.96. The number of anilines is 3. The minimum absolute atomic E-state index is 0.203. The smallest absolute Gasteiger partial charge is 0.406 e. The van der Waals surface area contributed by atoms with Gasteiger partial charge in [-0.3, -0.25) is 10.1 Å². The molecule has 6 nitrogen and oxygen atoms in total. The predicted octanol–water partition coefficient (Wildman–Crippen LogP) is 5.65. The largest absolute Gasteiger partial charge is 0.573 e. The first-order valence-corrected chi connectivity index (χ1v) is 9.81. The quantitative estimate of drug-likeness (QED) is 0.423. The van der Waals surface area contributed by atoms with Crippen molar-refractivity contribution in [2.75, 3.05) is 10.6 Å². The monoisotopic (exact) mass is 436 g/mol. The fraction of sp³-hybridized carbons (Fsp3) is 0.0556. The van der Waals surface area contributed by atoms with Crippen LogP contribution in [0.15, 0.2) is 53.9 Å². The molecule has 4 aromatic rings. The Labute approximate surface area is 170 Å². The molecule has 2 N–H and O–H groups in total. The van der Waals surface area contributed by atoms with E-state index in [0.717, 1.165) is 10.2 Å². The molecule has 0 bridgehead atoms. The second kappa shape index (κ2) is 7.68. The van der Waals surface area contributed by atoms with Crippen LogP contribution >= 0.6 is 22.7 Å². The molecule has 29 heavy (non-hydrogen) atoms. The van der Waals surface area contributed by atoms with Crippen LogP contribution in [0.3, 0.4) is 0 Å². The Morgan fingerprint density at radius 3 is 2.48 bits per heavy atom. The Bertz CT molecular complexity index is 1120. The first-order chi connectivity index (χ1) is 13.9. The summed E-state index contributed by atoms with van der Waals surface area (Å²) in [5, 5.41) is 8.12. The van der Waals surface area contributed by atoms with Gasteiger partial charge in [-0.05, 0) is 36.4 Å². The van der Waals surface area contributed by atoms with Gasteiger partial charge >= 0.3 is 6.36 Å². The van der Waals surface area contributed by atoms with Gasteiger partial charge in [0.2, 0.25) is 0 Å². The molecule has 0 radical (unpaired) electrons. The van der Waals surface area contributed by atoms with E-state index < -0.39 is 12.3 Å². The number of amides is 1. The molecule has 0 saturated heterocycles. The number of fused-ring (bicyclic) bond motifs is 1. The SMILES string of the molecule is O=C(Nc1nc2ccccc2s1)c1csc(Nc2ccc(OC(F)(F)F)cc2)n1. The molecule has 0 fully saturated rings. The highest BCUT2D eigenvalue weighted by Crippen LogP contribution is 2.28. The zero-order valence-corrected chi connectivity index (χ0v) is 16.0.